The molecule has 2 bridgehead atoms. The average Bonchev–Trinajstić information content (AvgIpc) is 3.23. The van der Waals surface area contributed by atoms with E-state index in [1.807, 2.05) is 6.08 Å². The normalized spacial score (nSPS) is 36.8. The zero-order valence-corrected chi connectivity index (χ0v) is 14.1. The maximum atomic E-state index is 12.9. The van der Waals surface area contributed by atoms with Crippen molar-refractivity contribution in [3.63, 3.8) is 0 Å². The molecule has 3 saturated heterocycles. The summed E-state index contributed by atoms with van der Waals surface area (Å²) in [6.45, 7) is 3.52. The van der Waals surface area contributed by atoms with Crippen LogP contribution in [0.5, 0.6) is 0 Å². The number of aliphatic carboxylic acids is 1. The van der Waals surface area contributed by atoms with Crippen molar-refractivity contribution in [2.45, 2.75) is 37.5 Å². The van der Waals surface area contributed by atoms with Crippen LogP contribution in [0.4, 0.5) is 4.79 Å². The van der Waals surface area contributed by atoms with Crippen molar-refractivity contribution >= 4 is 18.0 Å². The lowest BCUT2D eigenvalue weighted by atomic mass is 9.77. The molecule has 0 aliphatic carbocycles. The van der Waals surface area contributed by atoms with Gasteiger partial charge in [0, 0.05) is 31.0 Å². The molecule has 0 saturated carbocycles. The Morgan fingerprint density at radius 2 is 2.12 bits per heavy atom. The minimum absolute atomic E-state index is 0.0170. The number of carbonyl (C=O) groups is 3. The van der Waals surface area contributed by atoms with Crippen LogP contribution in [0.1, 0.15) is 19.8 Å². The molecular formula is C17H21N2O6-. The molecule has 3 fully saturated rings. The van der Waals surface area contributed by atoms with Crippen LogP contribution in [0.25, 0.3) is 0 Å². The van der Waals surface area contributed by atoms with E-state index in [9.17, 15) is 19.5 Å². The van der Waals surface area contributed by atoms with E-state index in [4.69, 9.17) is 9.47 Å². The molecule has 136 valence electrons. The Kier molecular flexibility index (Phi) is 3.75. The molecule has 4 rings (SSSR count). The third kappa shape index (κ3) is 2.34. The number of nitrogens with zero attached hydrogens (tertiary/aromatic N) is 2. The highest BCUT2D eigenvalue weighted by atomic mass is 16.6. The molecule has 25 heavy (non-hydrogen) atoms. The standard InChI is InChI=1S/C17H22N2O6/c1-2-24-16(23)18-7-4-10(5-8-18)19-9-17-6-3-11(25-17)12(15(21)22)13(17)14(19)20/h3,6,10-13H,2,4-5,7-9H2,1H3,(H,21,22)/p-1/t11-,12+,13-,17+/m0/s1. The van der Waals surface area contributed by atoms with Gasteiger partial charge in [-0.2, -0.15) is 0 Å². The van der Waals surface area contributed by atoms with Gasteiger partial charge < -0.3 is 29.2 Å². The third-order valence-corrected chi connectivity index (χ3v) is 5.83. The minimum Gasteiger partial charge on any atom is -0.550 e. The quantitative estimate of drug-likeness (QED) is 0.615. The zero-order chi connectivity index (χ0) is 17.8. The second-order valence-corrected chi connectivity index (χ2v) is 7.10. The summed E-state index contributed by atoms with van der Waals surface area (Å²) in [5.74, 6) is -3.01. The lowest BCUT2D eigenvalue weighted by Crippen LogP contribution is -2.49. The fraction of sp³-hybridized carbons (Fsp3) is 0.706. The number of carboxylic acids is 1. The summed E-state index contributed by atoms with van der Waals surface area (Å²) in [6, 6.07) is -0.0170. The van der Waals surface area contributed by atoms with Gasteiger partial charge in [-0.1, -0.05) is 12.2 Å². The summed E-state index contributed by atoms with van der Waals surface area (Å²) in [5, 5.41) is 11.5. The Labute approximate surface area is 145 Å². The van der Waals surface area contributed by atoms with Crippen molar-refractivity contribution in [3.05, 3.63) is 12.2 Å². The van der Waals surface area contributed by atoms with Gasteiger partial charge in [0.25, 0.3) is 0 Å². The summed E-state index contributed by atoms with van der Waals surface area (Å²) < 4.78 is 10.9. The zero-order valence-electron chi connectivity index (χ0n) is 14.1. The molecule has 1 spiro atoms. The fourth-order valence-electron chi connectivity index (χ4n) is 4.68. The summed E-state index contributed by atoms with van der Waals surface area (Å²) in [4.78, 5) is 39.6. The summed E-state index contributed by atoms with van der Waals surface area (Å²) in [7, 11) is 0. The van der Waals surface area contributed by atoms with Crippen LogP contribution in [0.3, 0.4) is 0 Å². The Morgan fingerprint density at radius 3 is 2.76 bits per heavy atom. The highest BCUT2D eigenvalue weighted by Crippen LogP contribution is 2.52. The largest absolute Gasteiger partial charge is 0.550 e. The Morgan fingerprint density at radius 1 is 1.40 bits per heavy atom. The SMILES string of the molecule is CCOC(=O)N1CCC(N2C[C@@]34C=C[C@H](O3)[C@@H](C(=O)[O-])[C@H]4C2=O)CC1. The number of carboxylic acid groups (broad SMARTS) is 1. The van der Waals surface area contributed by atoms with Gasteiger partial charge in [0.2, 0.25) is 5.91 Å². The predicted octanol–water partition coefficient (Wildman–Crippen LogP) is -0.861. The van der Waals surface area contributed by atoms with Gasteiger partial charge in [0.05, 0.1) is 25.2 Å². The van der Waals surface area contributed by atoms with Gasteiger partial charge in [-0.25, -0.2) is 4.79 Å². The van der Waals surface area contributed by atoms with Crippen LogP contribution in [0, 0.1) is 11.8 Å². The molecule has 0 aromatic rings. The van der Waals surface area contributed by atoms with Gasteiger partial charge in [0.15, 0.2) is 0 Å². The maximum absolute atomic E-state index is 12.9. The highest BCUT2D eigenvalue weighted by Gasteiger charge is 2.66. The van der Waals surface area contributed by atoms with Gasteiger partial charge in [0.1, 0.15) is 5.60 Å². The Hall–Kier alpha value is -2.09. The first kappa shape index (κ1) is 16.4. The van der Waals surface area contributed by atoms with Gasteiger partial charge in [-0.15, -0.1) is 0 Å². The average molecular weight is 349 g/mol. The lowest BCUT2D eigenvalue weighted by molar-refractivity contribution is -0.313. The predicted molar refractivity (Wildman–Crippen MR) is 82.1 cm³/mol. The second-order valence-electron chi connectivity index (χ2n) is 7.10. The molecule has 4 heterocycles. The van der Waals surface area contributed by atoms with Crippen LogP contribution in [-0.4, -0.2) is 71.8 Å². The molecule has 0 radical (unpaired) electrons. The maximum Gasteiger partial charge on any atom is 0.409 e. The van der Waals surface area contributed by atoms with Crippen LogP contribution in [0.15, 0.2) is 12.2 Å². The first-order valence-corrected chi connectivity index (χ1v) is 8.77. The molecule has 4 aliphatic rings. The van der Waals surface area contributed by atoms with E-state index in [2.05, 4.69) is 0 Å². The number of ether oxygens (including phenoxy) is 2. The molecule has 4 atom stereocenters. The van der Waals surface area contributed by atoms with E-state index in [-0.39, 0.29) is 18.0 Å². The molecule has 0 aromatic heterocycles. The van der Waals surface area contributed by atoms with Crippen LogP contribution in [-0.2, 0) is 19.1 Å². The van der Waals surface area contributed by atoms with Crippen LogP contribution < -0.4 is 5.11 Å². The third-order valence-electron chi connectivity index (χ3n) is 5.83. The van der Waals surface area contributed by atoms with Gasteiger partial charge >= 0.3 is 6.09 Å². The molecule has 4 aliphatic heterocycles. The van der Waals surface area contributed by atoms with E-state index >= 15 is 0 Å². The van der Waals surface area contributed by atoms with Crippen molar-refractivity contribution in [2.75, 3.05) is 26.2 Å². The Bertz CT molecular complexity index is 641. The van der Waals surface area contributed by atoms with E-state index < -0.39 is 29.5 Å². The lowest BCUT2D eigenvalue weighted by Gasteiger charge is -2.37. The number of likely N-dealkylation sites (tertiary alicyclic amines) is 2. The van der Waals surface area contributed by atoms with Crippen LogP contribution >= 0.6 is 0 Å². The smallest absolute Gasteiger partial charge is 0.409 e. The van der Waals surface area contributed by atoms with Crippen molar-refractivity contribution in [3.8, 4) is 0 Å². The molecule has 0 unspecified atom stereocenters. The number of hydrogen-bond donors (Lipinski definition) is 0. The van der Waals surface area contributed by atoms with Crippen molar-refractivity contribution in [1.29, 1.82) is 0 Å². The van der Waals surface area contributed by atoms with Crippen LogP contribution in [0.2, 0.25) is 0 Å². The van der Waals surface area contributed by atoms with Crippen molar-refractivity contribution in [2.24, 2.45) is 11.8 Å². The number of piperidine rings is 1. The molecule has 8 nitrogen and oxygen atoms in total. The number of carbonyl (C=O) groups excluding carboxylic acids is 3. The summed E-state index contributed by atoms with van der Waals surface area (Å²) in [6.07, 6.45) is 3.98. The monoisotopic (exact) mass is 349 g/mol. The summed E-state index contributed by atoms with van der Waals surface area (Å²) in [5.41, 5.74) is -0.829. The number of fused-ring (bicyclic) bond motifs is 1. The fourth-order valence-corrected chi connectivity index (χ4v) is 4.68. The second kappa shape index (κ2) is 5.72. The Balaban J connectivity index is 1.46. The topological polar surface area (TPSA) is 99.2 Å². The molecule has 0 N–H and O–H groups in total. The van der Waals surface area contributed by atoms with E-state index in [1.165, 1.54) is 0 Å². The van der Waals surface area contributed by atoms with E-state index in [0.717, 1.165) is 0 Å². The number of hydrogen-bond acceptors (Lipinski definition) is 6. The number of rotatable bonds is 3. The first-order chi connectivity index (χ1) is 12.0. The molecule has 2 amide bonds. The van der Waals surface area contributed by atoms with Crippen molar-refractivity contribution < 1.29 is 29.0 Å². The van der Waals surface area contributed by atoms with Gasteiger partial charge in [-0.05, 0) is 19.8 Å². The summed E-state index contributed by atoms with van der Waals surface area (Å²) >= 11 is 0. The molecule has 0 aromatic carbocycles. The van der Waals surface area contributed by atoms with E-state index in [0.29, 0.717) is 39.1 Å². The number of amides is 2. The first-order valence-electron chi connectivity index (χ1n) is 8.77. The molecule has 8 heteroatoms. The van der Waals surface area contributed by atoms with E-state index in [1.54, 1.807) is 22.8 Å². The minimum atomic E-state index is -1.23. The molecular weight excluding hydrogens is 328 g/mol. The van der Waals surface area contributed by atoms with Crippen molar-refractivity contribution in [1.82, 2.24) is 9.80 Å². The highest BCUT2D eigenvalue weighted by molar-refractivity contribution is 5.90. The van der Waals surface area contributed by atoms with Gasteiger partial charge in [-0.3, -0.25) is 4.79 Å².